The summed E-state index contributed by atoms with van der Waals surface area (Å²) < 4.78 is 56.8. The maximum Gasteiger partial charge on any atom is 0.279 e. The summed E-state index contributed by atoms with van der Waals surface area (Å²) in [4.78, 5) is -0.134. The summed E-state index contributed by atoms with van der Waals surface area (Å²) in [6.45, 7) is 9.19. The number of nitrogens with zero attached hydrogens (tertiary/aromatic N) is 3. The number of rotatable bonds is 6. The predicted octanol–water partition coefficient (Wildman–Crippen LogP) is 3.72. The average Bonchev–Trinajstić information content (AvgIpc) is 3.13. The van der Waals surface area contributed by atoms with Crippen LogP contribution in [0, 0.1) is 27.7 Å². The van der Waals surface area contributed by atoms with Crippen molar-refractivity contribution in [1.29, 1.82) is 0 Å². The fraction of sp³-hybridized carbons (Fsp3) is 0.286. The SMILES string of the molecule is CCn1ccc(N(S(=O)(=O)c2cccc(C)c2C)S(=O)(=O)c2cccc(C)c2C)n1. The molecular formula is C21H25N3O4S2. The van der Waals surface area contributed by atoms with Gasteiger partial charge in [0.15, 0.2) is 5.82 Å². The molecule has 30 heavy (non-hydrogen) atoms. The van der Waals surface area contributed by atoms with Gasteiger partial charge in [0.1, 0.15) is 0 Å². The Bertz CT molecular complexity index is 1230. The molecule has 0 spiro atoms. The minimum atomic E-state index is -4.47. The van der Waals surface area contributed by atoms with Crippen LogP contribution in [0.3, 0.4) is 0 Å². The summed E-state index contributed by atoms with van der Waals surface area (Å²) in [7, 11) is -8.94. The second-order valence-corrected chi connectivity index (χ2v) is 10.9. The molecule has 0 saturated carbocycles. The van der Waals surface area contributed by atoms with Gasteiger partial charge in [0.25, 0.3) is 20.0 Å². The van der Waals surface area contributed by atoms with Gasteiger partial charge in [0.2, 0.25) is 0 Å². The molecule has 160 valence electrons. The van der Waals surface area contributed by atoms with Crippen molar-refractivity contribution in [2.24, 2.45) is 0 Å². The van der Waals surface area contributed by atoms with Gasteiger partial charge in [-0.3, -0.25) is 4.68 Å². The van der Waals surface area contributed by atoms with Gasteiger partial charge >= 0.3 is 0 Å². The summed E-state index contributed by atoms with van der Waals surface area (Å²) in [6.07, 6.45) is 1.56. The molecule has 0 atom stereocenters. The monoisotopic (exact) mass is 447 g/mol. The Morgan fingerprint density at radius 1 is 0.800 bits per heavy atom. The summed E-state index contributed by atoms with van der Waals surface area (Å²) >= 11 is 0. The molecule has 0 aliphatic carbocycles. The first-order valence-electron chi connectivity index (χ1n) is 9.48. The lowest BCUT2D eigenvalue weighted by Crippen LogP contribution is -2.38. The van der Waals surface area contributed by atoms with Crippen molar-refractivity contribution in [3.05, 3.63) is 70.9 Å². The molecule has 3 aromatic rings. The van der Waals surface area contributed by atoms with Crippen molar-refractivity contribution in [3.8, 4) is 0 Å². The number of sulfonamides is 2. The summed E-state index contributed by atoms with van der Waals surface area (Å²) in [5.74, 6) is -0.168. The van der Waals surface area contributed by atoms with Crippen LogP contribution in [0.25, 0.3) is 0 Å². The molecule has 0 unspecified atom stereocenters. The van der Waals surface area contributed by atoms with E-state index >= 15 is 0 Å². The first kappa shape index (κ1) is 22.0. The molecule has 0 amide bonds. The molecule has 1 heterocycles. The fourth-order valence-corrected chi connectivity index (χ4v) is 7.34. The van der Waals surface area contributed by atoms with Gasteiger partial charge in [-0.1, -0.05) is 24.3 Å². The Morgan fingerprint density at radius 2 is 1.27 bits per heavy atom. The zero-order valence-corrected chi connectivity index (χ0v) is 19.3. The first-order valence-corrected chi connectivity index (χ1v) is 12.4. The van der Waals surface area contributed by atoms with Gasteiger partial charge in [-0.25, -0.2) is 0 Å². The van der Waals surface area contributed by atoms with Gasteiger partial charge < -0.3 is 0 Å². The first-order chi connectivity index (χ1) is 14.0. The van der Waals surface area contributed by atoms with E-state index in [1.807, 2.05) is 6.92 Å². The van der Waals surface area contributed by atoms with E-state index in [1.54, 1.807) is 58.2 Å². The van der Waals surface area contributed by atoms with E-state index in [-0.39, 0.29) is 15.6 Å². The minimum absolute atomic E-state index is 0.0672. The number of benzene rings is 2. The van der Waals surface area contributed by atoms with E-state index in [0.29, 0.717) is 21.4 Å². The van der Waals surface area contributed by atoms with Gasteiger partial charge in [-0.05, 0) is 69.0 Å². The highest BCUT2D eigenvalue weighted by Gasteiger charge is 2.40. The van der Waals surface area contributed by atoms with Gasteiger partial charge in [-0.15, -0.1) is 3.71 Å². The number of aryl methyl sites for hydroxylation is 3. The standard InChI is InChI=1S/C21H25N3O4S2/c1-6-23-14-13-21(22-23)24(29(25,26)19-11-7-9-15(2)17(19)4)30(27,28)20-12-8-10-16(3)18(20)5/h7-14H,6H2,1-5H3. The van der Waals surface area contributed by atoms with Gasteiger partial charge in [0.05, 0.1) is 9.79 Å². The Labute approximate surface area is 178 Å². The van der Waals surface area contributed by atoms with Crippen LogP contribution in [-0.2, 0) is 26.6 Å². The maximum atomic E-state index is 13.7. The van der Waals surface area contributed by atoms with Crippen molar-refractivity contribution in [2.45, 2.75) is 51.0 Å². The zero-order valence-electron chi connectivity index (χ0n) is 17.6. The van der Waals surface area contributed by atoms with E-state index in [4.69, 9.17) is 0 Å². The molecule has 0 fully saturated rings. The van der Waals surface area contributed by atoms with Crippen LogP contribution in [-0.4, -0.2) is 26.6 Å². The number of hydrogen-bond donors (Lipinski definition) is 0. The third-order valence-electron chi connectivity index (χ3n) is 5.24. The van der Waals surface area contributed by atoms with Crippen LogP contribution >= 0.6 is 0 Å². The van der Waals surface area contributed by atoms with Crippen LogP contribution < -0.4 is 3.71 Å². The third-order valence-corrected chi connectivity index (χ3v) is 9.66. The van der Waals surface area contributed by atoms with Crippen LogP contribution in [0.2, 0.25) is 0 Å². The molecule has 0 saturated heterocycles. The Balaban J connectivity index is 2.34. The highest BCUT2D eigenvalue weighted by Crippen LogP contribution is 2.33. The van der Waals surface area contributed by atoms with Gasteiger partial charge in [-0.2, -0.15) is 21.9 Å². The highest BCUT2D eigenvalue weighted by molar-refractivity contribution is 8.10. The summed E-state index contributed by atoms with van der Waals surface area (Å²) in [5.41, 5.74) is 2.49. The van der Waals surface area contributed by atoms with E-state index < -0.39 is 20.0 Å². The molecule has 0 aliphatic heterocycles. The van der Waals surface area contributed by atoms with Crippen LogP contribution in [0.15, 0.2) is 58.5 Å². The highest BCUT2D eigenvalue weighted by atomic mass is 32.3. The molecule has 1 aromatic heterocycles. The van der Waals surface area contributed by atoms with Crippen LogP contribution in [0.1, 0.15) is 29.2 Å². The molecular weight excluding hydrogens is 422 g/mol. The molecule has 0 aliphatic rings. The summed E-state index contributed by atoms with van der Waals surface area (Å²) in [5, 5.41) is 4.20. The van der Waals surface area contributed by atoms with E-state index in [2.05, 4.69) is 5.10 Å². The maximum absolute atomic E-state index is 13.7. The van der Waals surface area contributed by atoms with Crippen molar-refractivity contribution in [3.63, 3.8) is 0 Å². The Kier molecular flexibility index (Phi) is 5.79. The number of anilines is 1. The van der Waals surface area contributed by atoms with Crippen LogP contribution in [0.5, 0.6) is 0 Å². The van der Waals surface area contributed by atoms with Crippen LogP contribution in [0.4, 0.5) is 5.82 Å². The van der Waals surface area contributed by atoms with Crippen molar-refractivity contribution in [1.82, 2.24) is 9.78 Å². The van der Waals surface area contributed by atoms with E-state index in [1.165, 1.54) is 22.9 Å². The third kappa shape index (κ3) is 3.63. The Morgan fingerprint density at radius 3 is 1.67 bits per heavy atom. The predicted molar refractivity (Wildman–Crippen MR) is 117 cm³/mol. The fourth-order valence-electron chi connectivity index (χ4n) is 3.19. The smallest absolute Gasteiger partial charge is 0.271 e. The largest absolute Gasteiger partial charge is 0.279 e. The van der Waals surface area contributed by atoms with Crippen molar-refractivity contribution in [2.75, 3.05) is 3.71 Å². The molecule has 0 N–H and O–H groups in total. The normalized spacial score (nSPS) is 12.2. The minimum Gasteiger partial charge on any atom is -0.271 e. The lowest BCUT2D eigenvalue weighted by Gasteiger charge is -2.24. The Hall–Kier alpha value is -2.65. The molecule has 0 bridgehead atoms. The molecule has 3 rings (SSSR count). The number of aromatic nitrogens is 2. The second kappa shape index (κ2) is 7.88. The molecule has 9 heteroatoms. The molecule has 2 aromatic carbocycles. The average molecular weight is 448 g/mol. The lowest BCUT2D eigenvalue weighted by atomic mass is 10.1. The molecule has 7 nitrogen and oxygen atoms in total. The molecule has 0 radical (unpaired) electrons. The second-order valence-electron chi connectivity index (χ2n) is 7.13. The zero-order chi connectivity index (χ0) is 22.3. The lowest BCUT2D eigenvalue weighted by molar-refractivity contribution is 0.581. The van der Waals surface area contributed by atoms with E-state index in [0.717, 1.165) is 11.1 Å². The van der Waals surface area contributed by atoms with Crippen molar-refractivity contribution >= 4 is 25.9 Å². The van der Waals surface area contributed by atoms with Crippen molar-refractivity contribution < 1.29 is 16.8 Å². The topological polar surface area (TPSA) is 89.3 Å². The summed E-state index contributed by atoms with van der Waals surface area (Å²) in [6, 6.07) is 11.0. The number of hydrogen-bond acceptors (Lipinski definition) is 5. The van der Waals surface area contributed by atoms with Gasteiger partial charge in [0, 0.05) is 18.8 Å². The quantitative estimate of drug-likeness (QED) is 0.574. The van der Waals surface area contributed by atoms with E-state index in [9.17, 15) is 16.8 Å².